The SMILES string of the molecule is Cn1c(=O)c2[nH]c(-c3ccc(Oc4ccccc4)cc3)nc2n(C)c1=O. The predicted molar refractivity (Wildman–Crippen MR) is 98.5 cm³/mol. The van der Waals surface area contributed by atoms with Crippen LogP contribution in [0.25, 0.3) is 22.6 Å². The Morgan fingerprint density at radius 3 is 2.23 bits per heavy atom. The second kappa shape index (κ2) is 6.03. The summed E-state index contributed by atoms with van der Waals surface area (Å²) in [5, 5.41) is 0. The molecule has 0 bridgehead atoms. The number of nitrogens with one attached hydrogen (secondary N) is 1. The summed E-state index contributed by atoms with van der Waals surface area (Å²) in [6.07, 6.45) is 0. The van der Waals surface area contributed by atoms with Gasteiger partial charge in [0.05, 0.1) is 0 Å². The van der Waals surface area contributed by atoms with Crippen LogP contribution < -0.4 is 16.0 Å². The molecule has 0 unspecified atom stereocenters. The van der Waals surface area contributed by atoms with Gasteiger partial charge in [0.1, 0.15) is 22.8 Å². The van der Waals surface area contributed by atoms with Crippen LogP contribution in [0, 0.1) is 0 Å². The number of imidazole rings is 1. The van der Waals surface area contributed by atoms with Crippen LogP contribution in [0.2, 0.25) is 0 Å². The Kier molecular flexibility index (Phi) is 3.69. The van der Waals surface area contributed by atoms with E-state index in [2.05, 4.69) is 9.97 Å². The molecule has 7 nitrogen and oxygen atoms in total. The van der Waals surface area contributed by atoms with Crippen molar-refractivity contribution in [3.63, 3.8) is 0 Å². The summed E-state index contributed by atoms with van der Waals surface area (Å²) in [5.74, 6) is 1.96. The van der Waals surface area contributed by atoms with Gasteiger partial charge in [0, 0.05) is 19.7 Å². The summed E-state index contributed by atoms with van der Waals surface area (Å²) in [4.78, 5) is 31.7. The zero-order valence-electron chi connectivity index (χ0n) is 14.3. The molecular formula is C19H16N4O3. The highest BCUT2D eigenvalue weighted by atomic mass is 16.5. The largest absolute Gasteiger partial charge is 0.457 e. The van der Waals surface area contributed by atoms with Crippen LogP contribution in [0.4, 0.5) is 0 Å². The number of nitrogens with zero attached hydrogens (tertiary/aromatic N) is 3. The molecule has 4 rings (SSSR count). The monoisotopic (exact) mass is 348 g/mol. The molecule has 0 radical (unpaired) electrons. The van der Waals surface area contributed by atoms with Crippen LogP contribution in [-0.4, -0.2) is 19.1 Å². The van der Waals surface area contributed by atoms with Crippen molar-refractivity contribution in [1.82, 2.24) is 19.1 Å². The number of H-pyrrole nitrogens is 1. The molecule has 0 fully saturated rings. The third-order valence-corrected chi connectivity index (χ3v) is 4.20. The summed E-state index contributed by atoms with van der Waals surface area (Å²) < 4.78 is 8.18. The van der Waals surface area contributed by atoms with Crippen molar-refractivity contribution in [2.24, 2.45) is 14.1 Å². The van der Waals surface area contributed by atoms with Crippen molar-refractivity contribution in [2.45, 2.75) is 0 Å². The molecule has 0 aliphatic heterocycles. The van der Waals surface area contributed by atoms with Gasteiger partial charge in [-0.3, -0.25) is 13.9 Å². The number of aromatic nitrogens is 4. The molecule has 1 N–H and O–H groups in total. The van der Waals surface area contributed by atoms with Gasteiger partial charge in [0.25, 0.3) is 5.56 Å². The van der Waals surface area contributed by atoms with Crippen molar-refractivity contribution in [3.05, 3.63) is 75.4 Å². The van der Waals surface area contributed by atoms with E-state index in [1.54, 1.807) is 7.05 Å². The molecule has 0 aliphatic rings. The maximum atomic E-state index is 12.3. The van der Waals surface area contributed by atoms with Crippen LogP contribution in [0.1, 0.15) is 0 Å². The Hall–Kier alpha value is -3.61. The van der Waals surface area contributed by atoms with Crippen molar-refractivity contribution < 1.29 is 4.74 Å². The van der Waals surface area contributed by atoms with Crippen LogP contribution in [-0.2, 0) is 14.1 Å². The van der Waals surface area contributed by atoms with Crippen LogP contribution in [0.3, 0.4) is 0 Å². The first-order valence-corrected chi connectivity index (χ1v) is 8.03. The van der Waals surface area contributed by atoms with E-state index in [4.69, 9.17) is 4.74 Å². The van der Waals surface area contributed by atoms with E-state index in [0.29, 0.717) is 22.7 Å². The third-order valence-electron chi connectivity index (χ3n) is 4.20. The normalized spacial score (nSPS) is 11.0. The average molecular weight is 348 g/mol. The maximum Gasteiger partial charge on any atom is 0.332 e. The molecule has 0 saturated heterocycles. The summed E-state index contributed by atoms with van der Waals surface area (Å²) in [7, 11) is 3.03. The number of hydrogen-bond donors (Lipinski definition) is 1. The second-order valence-corrected chi connectivity index (χ2v) is 5.93. The molecule has 130 valence electrons. The summed E-state index contributed by atoms with van der Waals surface area (Å²) in [6.45, 7) is 0. The molecule has 2 heterocycles. The fraction of sp³-hybridized carbons (Fsp3) is 0.105. The molecule has 26 heavy (non-hydrogen) atoms. The fourth-order valence-electron chi connectivity index (χ4n) is 2.77. The van der Waals surface area contributed by atoms with Gasteiger partial charge in [-0.15, -0.1) is 0 Å². The quantitative estimate of drug-likeness (QED) is 0.616. The van der Waals surface area contributed by atoms with Crippen LogP contribution in [0.15, 0.2) is 64.2 Å². The highest BCUT2D eigenvalue weighted by Crippen LogP contribution is 2.25. The lowest BCUT2D eigenvalue weighted by atomic mass is 10.2. The minimum Gasteiger partial charge on any atom is -0.457 e. The van der Waals surface area contributed by atoms with Gasteiger partial charge in [-0.2, -0.15) is 0 Å². The average Bonchev–Trinajstić information content (AvgIpc) is 3.12. The predicted octanol–water partition coefficient (Wildman–Crippen LogP) is 2.42. The first-order chi connectivity index (χ1) is 12.5. The van der Waals surface area contributed by atoms with E-state index in [1.165, 1.54) is 11.6 Å². The molecule has 7 heteroatoms. The maximum absolute atomic E-state index is 12.3. The number of hydrogen-bond acceptors (Lipinski definition) is 4. The van der Waals surface area contributed by atoms with Crippen molar-refractivity contribution in [1.29, 1.82) is 0 Å². The standard InChI is InChI=1S/C19H16N4O3/c1-22-17-15(18(24)23(2)19(22)25)20-16(21-17)12-8-10-14(11-9-12)26-13-6-4-3-5-7-13/h3-11H,1-2H3,(H,20,21). The van der Waals surface area contributed by atoms with E-state index in [0.717, 1.165) is 15.9 Å². The highest BCUT2D eigenvalue weighted by molar-refractivity contribution is 5.75. The lowest BCUT2D eigenvalue weighted by Gasteiger charge is -2.05. The van der Waals surface area contributed by atoms with Gasteiger partial charge in [0.2, 0.25) is 0 Å². The summed E-state index contributed by atoms with van der Waals surface area (Å²) >= 11 is 0. The van der Waals surface area contributed by atoms with Gasteiger partial charge in [0.15, 0.2) is 5.65 Å². The first kappa shape index (κ1) is 15.9. The molecule has 0 aliphatic carbocycles. The van der Waals surface area contributed by atoms with Crippen LogP contribution in [0.5, 0.6) is 11.5 Å². The van der Waals surface area contributed by atoms with E-state index in [1.807, 2.05) is 54.6 Å². The van der Waals surface area contributed by atoms with E-state index in [9.17, 15) is 9.59 Å². The number of aromatic amines is 1. The molecular weight excluding hydrogens is 332 g/mol. The number of rotatable bonds is 3. The van der Waals surface area contributed by atoms with E-state index in [-0.39, 0.29) is 0 Å². The Balaban J connectivity index is 1.72. The van der Waals surface area contributed by atoms with Gasteiger partial charge in [-0.25, -0.2) is 9.78 Å². The van der Waals surface area contributed by atoms with Gasteiger partial charge < -0.3 is 9.72 Å². The van der Waals surface area contributed by atoms with Crippen molar-refractivity contribution in [3.8, 4) is 22.9 Å². The first-order valence-electron chi connectivity index (χ1n) is 8.03. The molecule has 2 aromatic carbocycles. The number of ether oxygens (including phenoxy) is 1. The van der Waals surface area contributed by atoms with Gasteiger partial charge >= 0.3 is 5.69 Å². The Bertz CT molecular complexity index is 1200. The zero-order chi connectivity index (χ0) is 18.3. The highest BCUT2D eigenvalue weighted by Gasteiger charge is 2.14. The molecule has 0 amide bonds. The number of para-hydroxylation sites is 1. The minimum atomic E-state index is -0.410. The molecule has 4 aromatic rings. The zero-order valence-corrected chi connectivity index (χ0v) is 14.3. The van der Waals surface area contributed by atoms with Crippen LogP contribution >= 0.6 is 0 Å². The number of benzene rings is 2. The summed E-state index contributed by atoms with van der Waals surface area (Å²) in [6, 6.07) is 16.8. The minimum absolute atomic E-state index is 0.300. The number of fused-ring (bicyclic) bond motifs is 1. The summed E-state index contributed by atoms with van der Waals surface area (Å²) in [5.41, 5.74) is 0.612. The molecule has 0 atom stereocenters. The van der Waals surface area contributed by atoms with Gasteiger partial charge in [-0.1, -0.05) is 18.2 Å². The molecule has 2 aromatic heterocycles. The molecule has 0 saturated carbocycles. The Labute approximate surface area is 148 Å². The van der Waals surface area contributed by atoms with Crippen molar-refractivity contribution >= 4 is 11.2 Å². The van der Waals surface area contributed by atoms with E-state index >= 15 is 0 Å². The van der Waals surface area contributed by atoms with E-state index < -0.39 is 11.2 Å². The molecule has 0 spiro atoms. The topological polar surface area (TPSA) is 81.9 Å². The Morgan fingerprint density at radius 1 is 0.885 bits per heavy atom. The smallest absolute Gasteiger partial charge is 0.332 e. The second-order valence-electron chi connectivity index (χ2n) is 5.93. The lowest BCUT2D eigenvalue weighted by Crippen LogP contribution is -2.36. The fourth-order valence-corrected chi connectivity index (χ4v) is 2.77. The van der Waals surface area contributed by atoms with Crippen molar-refractivity contribution in [2.75, 3.05) is 0 Å². The lowest BCUT2D eigenvalue weighted by molar-refractivity contribution is 0.483. The van der Waals surface area contributed by atoms with Gasteiger partial charge in [-0.05, 0) is 36.4 Å². The Morgan fingerprint density at radius 2 is 1.54 bits per heavy atom. The third kappa shape index (κ3) is 2.59. The number of aryl methyl sites for hydroxylation is 1.